The molecule has 2 aromatic heterocycles. The van der Waals surface area contributed by atoms with Crippen LogP contribution in [0.3, 0.4) is 0 Å². The maximum absolute atomic E-state index is 15.2. The highest BCUT2D eigenvalue weighted by molar-refractivity contribution is 6.39. The minimum absolute atomic E-state index is 0.0410. The fourth-order valence-electron chi connectivity index (χ4n) is 7.22. The van der Waals surface area contributed by atoms with Crippen LogP contribution in [-0.2, 0) is 16.9 Å². The molecule has 54 heavy (non-hydrogen) atoms. The number of piperazine rings is 1. The van der Waals surface area contributed by atoms with Crippen LogP contribution in [0, 0.1) is 18.6 Å². The number of ether oxygens (including phenoxy) is 1. The number of likely N-dealkylation sites (tertiary alicyclic amines) is 1. The number of carbonyl (C=O) groups is 1. The lowest BCUT2D eigenvalue weighted by Crippen LogP contribution is -2.47. The summed E-state index contributed by atoms with van der Waals surface area (Å²) in [5.41, 5.74) is 3.40. The largest absolute Gasteiger partial charge is 0.386 e. The van der Waals surface area contributed by atoms with Gasteiger partial charge in [0.15, 0.2) is 0 Å². The van der Waals surface area contributed by atoms with Gasteiger partial charge in [-0.1, -0.05) is 30.3 Å². The first kappa shape index (κ1) is 38.0. The van der Waals surface area contributed by atoms with E-state index in [1.54, 1.807) is 6.92 Å². The Bertz CT molecular complexity index is 2110. The van der Waals surface area contributed by atoms with Crippen molar-refractivity contribution in [2.24, 2.45) is 0 Å². The molecule has 2 fully saturated rings. The minimum Gasteiger partial charge on any atom is -0.386 e. The number of aromatic amines is 1. The normalized spacial score (nSPS) is 16.3. The summed E-state index contributed by atoms with van der Waals surface area (Å²) in [6, 6.07) is 16.3. The van der Waals surface area contributed by atoms with Gasteiger partial charge in [-0.3, -0.25) is 9.69 Å². The summed E-state index contributed by atoms with van der Waals surface area (Å²) >= 11 is 6.50. The van der Waals surface area contributed by atoms with Gasteiger partial charge in [0.05, 0.1) is 35.3 Å². The number of aliphatic hydroxyl groups is 1. The third-order valence-electron chi connectivity index (χ3n) is 10.5. The van der Waals surface area contributed by atoms with Gasteiger partial charge in [-0.05, 0) is 86.2 Å². The summed E-state index contributed by atoms with van der Waals surface area (Å²) in [5, 5.41) is 14.3. The maximum atomic E-state index is 15.2. The second-order valence-electron chi connectivity index (χ2n) is 14.7. The molecule has 2 saturated heterocycles. The van der Waals surface area contributed by atoms with Crippen molar-refractivity contribution >= 4 is 34.4 Å². The maximum Gasteiger partial charge on any atom is 0.275 e. The van der Waals surface area contributed by atoms with E-state index in [0.717, 1.165) is 94.2 Å². The number of anilines is 1. The summed E-state index contributed by atoms with van der Waals surface area (Å²) in [6.07, 6.45) is 3.73. The SMILES string of the molecule is Cc1c(-c2ncnc3[nH]c(-c4ccc(COC5CCN(CCN6CCNCC6)CC5)cc4)cc23)cc(F)cc1N(Cl)C(=O)c1ccc(C(C)(C)O)cc1F. The fraction of sp³-hybridized carbons (Fsp3) is 0.390. The molecule has 7 rings (SSSR count). The molecule has 13 heteroatoms. The van der Waals surface area contributed by atoms with Gasteiger partial charge in [0, 0.05) is 80.8 Å². The van der Waals surface area contributed by atoms with Gasteiger partial charge < -0.3 is 25.0 Å². The third-order valence-corrected chi connectivity index (χ3v) is 10.9. The lowest BCUT2D eigenvalue weighted by atomic mass is 9.96. The van der Waals surface area contributed by atoms with Gasteiger partial charge in [0.1, 0.15) is 23.6 Å². The monoisotopic (exact) mass is 757 g/mol. The van der Waals surface area contributed by atoms with Gasteiger partial charge >= 0.3 is 0 Å². The van der Waals surface area contributed by atoms with E-state index < -0.39 is 23.1 Å². The van der Waals surface area contributed by atoms with Crippen LogP contribution in [0.2, 0.25) is 0 Å². The highest BCUT2D eigenvalue weighted by Gasteiger charge is 2.26. The summed E-state index contributed by atoms with van der Waals surface area (Å²) in [7, 11) is 0. The molecular weight excluding hydrogens is 712 g/mol. The number of piperidine rings is 1. The Hall–Kier alpha value is -4.30. The van der Waals surface area contributed by atoms with Crippen LogP contribution in [0.15, 0.2) is 67.0 Å². The Morgan fingerprint density at radius 3 is 2.37 bits per heavy atom. The van der Waals surface area contributed by atoms with Crippen molar-refractivity contribution in [3.63, 3.8) is 0 Å². The smallest absolute Gasteiger partial charge is 0.275 e. The second kappa shape index (κ2) is 16.2. The van der Waals surface area contributed by atoms with Crippen LogP contribution in [-0.4, -0.2) is 94.2 Å². The predicted molar refractivity (Wildman–Crippen MR) is 207 cm³/mol. The first-order valence-electron chi connectivity index (χ1n) is 18.5. The predicted octanol–water partition coefficient (Wildman–Crippen LogP) is 6.79. The molecule has 284 valence electrons. The fourth-order valence-corrected chi connectivity index (χ4v) is 7.49. The number of rotatable bonds is 11. The van der Waals surface area contributed by atoms with Crippen LogP contribution in [0.5, 0.6) is 0 Å². The average Bonchev–Trinajstić information content (AvgIpc) is 3.62. The number of aromatic nitrogens is 3. The van der Waals surface area contributed by atoms with E-state index in [4.69, 9.17) is 16.5 Å². The van der Waals surface area contributed by atoms with Crippen molar-refractivity contribution in [1.82, 2.24) is 30.1 Å². The van der Waals surface area contributed by atoms with Gasteiger partial charge in [-0.15, -0.1) is 0 Å². The molecule has 0 atom stereocenters. The van der Waals surface area contributed by atoms with E-state index in [-0.39, 0.29) is 17.4 Å². The lowest BCUT2D eigenvalue weighted by molar-refractivity contribution is -0.00393. The van der Waals surface area contributed by atoms with E-state index >= 15 is 8.78 Å². The first-order chi connectivity index (χ1) is 25.9. The minimum atomic E-state index is -1.31. The number of hydrogen-bond donors (Lipinski definition) is 3. The Morgan fingerprint density at radius 2 is 1.69 bits per heavy atom. The zero-order valence-electron chi connectivity index (χ0n) is 30.8. The number of fused-ring (bicyclic) bond motifs is 1. The topological polar surface area (TPSA) is 110 Å². The van der Waals surface area contributed by atoms with Crippen LogP contribution < -0.4 is 9.74 Å². The zero-order valence-corrected chi connectivity index (χ0v) is 31.6. The Labute approximate surface area is 319 Å². The molecular formula is C41H46ClF2N7O3. The molecule has 4 heterocycles. The standard InChI is InChI=1S/C41H46ClF2N7O3/c1-26-33(21-30(43)22-37(26)51(42)40(52)32-9-8-29(20-35(32)44)41(2,3)53)38-34-23-36(48-39(34)47-25-46-38)28-6-4-27(5-7-28)24-54-31-10-14-49(15-11-31)18-19-50-16-12-45-13-17-50/h4-9,20-23,25,31,45,53H,10-19,24H2,1-3H3,(H,46,47,48). The molecule has 0 aliphatic carbocycles. The quantitative estimate of drug-likeness (QED) is 0.127. The van der Waals surface area contributed by atoms with Crippen molar-refractivity contribution in [3.05, 3.63) is 101 Å². The van der Waals surface area contributed by atoms with Crippen molar-refractivity contribution in [2.45, 2.75) is 51.9 Å². The van der Waals surface area contributed by atoms with Crippen LogP contribution in [0.4, 0.5) is 14.5 Å². The van der Waals surface area contributed by atoms with E-state index in [2.05, 4.69) is 42.2 Å². The number of amides is 1. The highest BCUT2D eigenvalue weighted by atomic mass is 35.5. The number of nitrogens with zero attached hydrogens (tertiary/aromatic N) is 5. The molecule has 5 aromatic rings. The Morgan fingerprint density at radius 1 is 0.981 bits per heavy atom. The third kappa shape index (κ3) is 8.49. The zero-order chi connectivity index (χ0) is 38.0. The van der Waals surface area contributed by atoms with Crippen LogP contribution in [0.1, 0.15) is 53.7 Å². The second-order valence-corrected chi connectivity index (χ2v) is 15.1. The first-order valence-corrected chi connectivity index (χ1v) is 18.8. The molecule has 3 N–H and O–H groups in total. The molecule has 10 nitrogen and oxygen atoms in total. The van der Waals surface area contributed by atoms with Gasteiger partial charge in [0.2, 0.25) is 0 Å². The van der Waals surface area contributed by atoms with E-state index in [0.29, 0.717) is 44.4 Å². The summed E-state index contributed by atoms with van der Waals surface area (Å²) in [5.74, 6) is -2.40. The van der Waals surface area contributed by atoms with Gasteiger partial charge in [-0.25, -0.2) is 23.2 Å². The number of nitrogens with one attached hydrogen (secondary N) is 2. The molecule has 0 unspecified atom stereocenters. The Kier molecular flexibility index (Phi) is 11.4. The summed E-state index contributed by atoms with van der Waals surface area (Å²) in [6.45, 7) is 14.1. The van der Waals surface area contributed by atoms with Crippen LogP contribution >= 0.6 is 11.8 Å². The van der Waals surface area contributed by atoms with Gasteiger partial charge in [0.25, 0.3) is 5.91 Å². The van der Waals surface area contributed by atoms with Crippen molar-refractivity contribution in [1.29, 1.82) is 0 Å². The average molecular weight is 758 g/mol. The molecule has 2 aliphatic rings. The van der Waals surface area contributed by atoms with Gasteiger partial charge in [-0.2, -0.15) is 0 Å². The molecule has 1 amide bonds. The number of H-pyrrole nitrogens is 1. The van der Waals surface area contributed by atoms with Crippen molar-refractivity contribution in [3.8, 4) is 22.5 Å². The number of benzene rings is 3. The Balaban J connectivity index is 1.02. The van der Waals surface area contributed by atoms with E-state index in [1.165, 1.54) is 38.4 Å². The molecule has 0 spiro atoms. The molecule has 0 radical (unpaired) electrons. The van der Waals surface area contributed by atoms with Crippen molar-refractivity contribution < 1.29 is 23.4 Å². The molecule has 0 saturated carbocycles. The number of carbonyl (C=O) groups excluding carboxylic acids is 1. The number of hydrogen-bond acceptors (Lipinski definition) is 8. The molecule has 2 aliphatic heterocycles. The van der Waals surface area contributed by atoms with Crippen LogP contribution in [0.25, 0.3) is 33.5 Å². The summed E-state index contributed by atoms with van der Waals surface area (Å²) in [4.78, 5) is 30.7. The highest BCUT2D eigenvalue weighted by Crippen LogP contribution is 2.37. The molecule has 3 aromatic carbocycles. The number of halogens is 3. The van der Waals surface area contributed by atoms with Crippen molar-refractivity contribution in [2.75, 3.05) is 56.8 Å². The lowest BCUT2D eigenvalue weighted by Gasteiger charge is -2.34. The molecule has 0 bridgehead atoms. The van der Waals surface area contributed by atoms with E-state index in [1.807, 2.05) is 18.2 Å². The summed E-state index contributed by atoms with van der Waals surface area (Å²) < 4.78 is 37.3. The van der Waals surface area contributed by atoms with E-state index in [9.17, 15) is 9.90 Å².